The molecule has 0 aromatic carbocycles. The first-order valence-corrected chi connectivity index (χ1v) is 9.95. The predicted molar refractivity (Wildman–Crippen MR) is 107 cm³/mol. The van der Waals surface area contributed by atoms with E-state index in [2.05, 4.69) is 15.3 Å². The molecule has 2 aromatic rings. The monoisotopic (exact) mass is 476 g/mol. The van der Waals surface area contributed by atoms with Crippen LogP contribution in [-0.4, -0.2) is 40.2 Å². The van der Waals surface area contributed by atoms with Crippen molar-refractivity contribution in [2.24, 2.45) is 0 Å². The van der Waals surface area contributed by atoms with Crippen molar-refractivity contribution in [3.05, 3.63) is 47.8 Å². The van der Waals surface area contributed by atoms with Gasteiger partial charge < -0.3 is 15.0 Å². The van der Waals surface area contributed by atoms with Crippen LogP contribution >= 0.6 is 0 Å². The minimum Gasteiger partial charge on any atom is -0.371 e. The molecule has 180 valence electrons. The highest BCUT2D eigenvalue weighted by atomic mass is 19.4. The van der Waals surface area contributed by atoms with E-state index in [0.717, 1.165) is 18.2 Å². The van der Waals surface area contributed by atoms with Crippen LogP contribution in [0.5, 0.6) is 0 Å². The number of nitrogens with one attached hydrogen (secondary N) is 1. The van der Waals surface area contributed by atoms with E-state index in [0.29, 0.717) is 12.4 Å². The van der Waals surface area contributed by atoms with Gasteiger partial charge in [0.05, 0.1) is 22.8 Å². The summed E-state index contributed by atoms with van der Waals surface area (Å²) in [4.78, 5) is 21.9. The fourth-order valence-electron chi connectivity index (χ4n) is 3.45. The van der Waals surface area contributed by atoms with Crippen LogP contribution in [0.15, 0.2) is 36.7 Å². The fraction of sp³-hybridized carbons (Fsp3) is 0.476. The molecular weight excluding hydrogens is 454 g/mol. The smallest absolute Gasteiger partial charge is 0.371 e. The van der Waals surface area contributed by atoms with E-state index in [1.807, 2.05) is 20.8 Å². The zero-order chi connectivity index (χ0) is 24.6. The molecule has 0 saturated carbocycles. The highest BCUT2D eigenvalue weighted by Crippen LogP contribution is 2.33. The number of aromatic nitrogens is 2. The Labute approximate surface area is 186 Å². The van der Waals surface area contributed by atoms with Crippen molar-refractivity contribution < 1.29 is 35.9 Å². The maximum Gasteiger partial charge on any atom is 0.417 e. The van der Waals surface area contributed by atoms with Crippen LogP contribution in [-0.2, 0) is 21.9 Å². The minimum atomic E-state index is -4.57. The van der Waals surface area contributed by atoms with Crippen molar-refractivity contribution in [2.45, 2.75) is 57.3 Å². The standard InChI is InChI=1S/C21H22F6N4O2/c1-19(2,3)33-14-8-15(18(32)30-16-6-4-12(9-28-16)20(22,23)24)31(11-14)17-7-5-13(10-29-17)21(25,26)27/h4-7,9-10,14-15H,8,11H2,1-3H3,(H,28,30,32)/t14-,15+/m1/s1. The summed E-state index contributed by atoms with van der Waals surface area (Å²) >= 11 is 0. The summed E-state index contributed by atoms with van der Waals surface area (Å²) in [6.07, 6.45) is -8.06. The van der Waals surface area contributed by atoms with Crippen molar-refractivity contribution in [1.29, 1.82) is 0 Å². The third-order valence-corrected chi connectivity index (χ3v) is 4.80. The van der Waals surface area contributed by atoms with Crippen molar-refractivity contribution in [3.8, 4) is 0 Å². The maximum atomic E-state index is 12.9. The largest absolute Gasteiger partial charge is 0.417 e. The lowest BCUT2D eigenvalue weighted by Gasteiger charge is -2.26. The topological polar surface area (TPSA) is 67.3 Å². The molecule has 12 heteroatoms. The van der Waals surface area contributed by atoms with Crippen LogP contribution in [0.4, 0.5) is 38.0 Å². The Morgan fingerprint density at radius 1 is 0.970 bits per heavy atom. The molecule has 0 spiro atoms. The molecule has 2 atom stereocenters. The molecule has 2 aromatic heterocycles. The quantitative estimate of drug-likeness (QED) is 0.635. The Morgan fingerprint density at radius 3 is 2.00 bits per heavy atom. The van der Waals surface area contributed by atoms with Gasteiger partial charge in [-0.15, -0.1) is 0 Å². The fourth-order valence-corrected chi connectivity index (χ4v) is 3.45. The molecule has 1 aliphatic rings. The number of pyridine rings is 2. The predicted octanol–water partition coefficient (Wildman–Crippen LogP) is 4.92. The van der Waals surface area contributed by atoms with Gasteiger partial charge in [-0.1, -0.05) is 0 Å². The van der Waals surface area contributed by atoms with Gasteiger partial charge in [-0.3, -0.25) is 4.79 Å². The number of nitrogens with zero attached hydrogens (tertiary/aromatic N) is 3. The zero-order valence-electron chi connectivity index (χ0n) is 18.0. The van der Waals surface area contributed by atoms with E-state index in [1.165, 1.54) is 11.0 Å². The van der Waals surface area contributed by atoms with E-state index in [-0.39, 0.29) is 24.6 Å². The number of rotatable bonds is 4. The van der Waals surface area contributed by atoms with Crippen LogP contribution in [0.2, 0.25) is 0 Å². The van der Waals surface area contributed by atoms with Gasteiger partial charge >= 0.3 is 12.4 Å². The molecule has 0 bridgehead atoms. The lowest BCUT2D eigenvalue weighted by molar-refractivity contribution is -0.138. The Bertz CT molecular complexity index is 969. The van der Waals surface area contributed by atoms with Crippen LogP contribution in [0.3, 0.4) is 0 Å². The molecule has 1 aliphatic heterocycles. The molecule has 33 heavy (non-hydrogen) atoms. The Hall–Kier alpha value is -2.89. The first kappa shape index (κ1) is 24.7. The second kappa shape index (κ2) is 8.81. The lowest BCUT2D eigenvalue weighted by Crippen LogP contribution is -2.40. The van der Waals surface area contributed by atoms with Crippen LogP contribution in [0.25, 0.3) is 0 Å². The number of carbonyl (C=O) groups is 1. The highest BCUT2D eigenvalue weighted by Gasteiger charge is 2.40. The number of carbonyl (C=O) groups excluding carboxylic acids is 1. The Balaban J connectivity index is 1.82. The van der Waals surface area contributed by atoms with Gasteiger partial charge in [0.2, 0.25) is 5.91 Å². The number of hydrogen-bond acceptors (Lipinski definition) is 5. The van der Waals surface area contributed by atoms with Gasteiger partial charge in [0.15, 0.2) is 0 Å². The number of ether oxygens (including phenoxy) is 1. The summed E-state index contributed by atoms with van der Waals surface area (Å²) < 4.78 is 82.7. The summed E-state index contributed by atoms with van der Waals surface area (Å²) in [6.45, 7) is 5.67. The summed E-state index contributed by atoms with van der Waals surface area (Å²) in [5, 5.41) is 2.46. The molecule has 3 heterocycles. The third kappa shape index (κ3) is 6.34. The van der Waals surface area contributed by atoms with E-state index in [9.17, 15) is 31.1 Å². The number of halogens is 6. The molecule has 6 nitrogen and oxygen atoms in total. The Kier molecular flexibility index (Phi) is 6.60. The number of anilines is 2. The van der Waals surface area contributed by atoms with Gasteiger partial charge in [0.1, 0.15) is 17.7 Å². The summed E-state index contributed by atoms with van der Waals surface area (Å²) in [7, 11) is 0. The normalized spacial score (nSPS) is 19.6. The first-order valence-electron chi connectivity index (χ1n) is 9.95. The van der Waals surface area contributed by atoms with E-state index in [1.54, 1.807) is 0 Å². The lowest BCUT2D eigenvalue weighted by atomic mass is 10.1. The van der Waals surface area contributed by atoms with E-state index in [4.69, 9.17) is 4.74 Å². The second-order valence-corrected chi connectivity index (χ2v) is 8.58. The van der Waals surface area contributed by atoms with Crippen LogP contribution in [0, 0.1) is 0 Å². The van der Waals surface area contributed by atoms with E-state index >= 15 is 0 Å². The number of amides is 1. The summed E-state index contributed by atoms with van der Waals surface area (Å²) in [6, 6.07) is 2.97. The molecule has 1 N–H and O–H groups in total. The molecule has 0 unspecified atom stereocenters. The average molecular weight is 476 g/mol. The van der Waals surface area contributed by atoms with Gasteiger partial charge in [0, 0.05) is 25.4 Å². The van der Waals surface area contributed by atoms with Crippen molar-refractivity contribution in [3.63, 3.8) is 0 Å². The van der Waals surface area contributed by atoms with E-state index < -0.39 is 47.1 Å². The molecule has 3 rings (SSSR count). The molecule has 1 saturated heterocycles. The zero-order valence-corrected chi connectivity index (χ0v) is 18.0. The minimum absolute atomic E-state index is 0.0893. The molecule has 0 radical (unpaired) electrons. The van der Waals surface area contributed by atoms with Crippen LogP contribution in [0.1, 0.15) is 38.3 Å². The van der Waals surface area contributed by atoms with Gasteiger partial charge in [0.25, 0.3) is 0 Å². The maximum absolute atomic E-state index is 12.9. The Morgan fingerprint density at radius 2 is 1.55 bits per heavy atom. The first-order chi connectivity index (χ1) is 15.1. The summed E-state index contributed by atoms with van der Waals surface area (Å²) in [5.74, 6) is -0.541. The highest BCUT2D eigenvalue weighted by molar-refractivity contribution is 5.96. The van der Waals surface area contributed by atoms with Crippen molar-refractivity contribution in [1.82, 2.24) is 9.97 Å². The number of alkyl halides is 6. The number of hydrogen-bond donors (Lipinski definition) is 1. The second-order valence-electron chi connectivity index (χ2n) is 8.58. The van der Waals surface area contributed by atoms with Crippen LogP contribution < -0.4 is 10.2 Å². The molecule has 1 amide bonds. The van der Waals surface area contributed by atoms with Gasteiger partial charge in [-0.05, 0) is 45.0 Å². The van der Waals surface area contributed by atoms with Crippen molar-refractivity contribution in [2.75, 3.05) is 16.8 Å². The van der Waals surface area contributed by atoms with Crippen molar-refractivity contribution >= 4 is 17.5 Å². The van der Waals surface area contributed by atoms with Gasteiger partial charge in [-0.25, -0.2) is 9.97 Å². The van der Waals surface area contributed by atoms with Gasteiger partial charge in [-0.2, -0.15) is 26.3 Å². The molecule has 1 fully saturated rings. The molecular formula is C21H22F6N4O2. The SMILES string of the molecule is CC(C)(C)O[C@@H]1C[C@@H](C(=O)Nc2ccc(C(F)(F)F)cn2)N(c2ccc(C(F)(F)F)cn2)C1. The average Bonchev–Trinajstić information content (AvgIpc) is 3.09. The molecule has 0 aliphatic carbocycles. The third-order valence-electron chi connectivity index (χ3n) is 4.80. The summed E-state index contributed by atoms with van der Waals surface area (Å²) in [5.41, 5.74) is -2.43.